The van der Waals surface area contributed by atoms with Crippen LogP contribution in [0.15, 0.2) is 15.9 Å². The number of ether oxygens (including phenoxy) is 1. The summed E-state index contributed by atoms with van der Waals surface area (Å²) >= 11 is 5.32. The maximum atomic E-state index is 12.2. The first-order valence-electron chi connectivity index (χ1n) is 8.24. The monoisotopic (exact) mass is 402 g/mol. The van der Waals surface area contributed by atoms with E-state index in [-0.39, 0.29) is 6.09 Å². The molecular weight excluding hydrogens is 376 g/mol. The van der Waals surface area contributed by atoms with Gasteiger partial charge in [0.25, 0.3) is 0 Å². The molecule has 0 spiro atoms. The quantitative estimate of drug-likeness (QED) is 0.798. The highest BCUT2D eigenvalue weighted by Gasteiger charge is 2.33. The molecule has 0 bridgehead atoms. The zero-order valence-corrected chi connectivity index (χ0v) is 16.8. The third kappa shape index (κ3) is 5.76. The SMILES string of the molecule is CCNC(Cc1ccc(Br)s1)C1CCN(C(=O)OC(C)(C)C)C1. The van der Waals surface area contributed by atoms with Crippen LogP contribution in [0.1, 0.15) is 39.0 Å². The molecule has 2 atom stereocenters. The minimum absolute atomic E-state index is 0.186. The van der Waals surface area contributed by atoms with Gasteiger partial charge in [0.2, 0.25) is 0 Å². The van der Waals surface area contributed by atoms with Crippen LogP contribution in [-0.4, -0.2) is 42.3 Å². The summed E-state index contributed by atoms with van der Waals surface area (Å²) in [6, 6.07) is 4.68. The Morgan fingerprint density at radius 1 is 1.52 bits per heavy atom. The molecule has 2 unspecified atom stereocenters. The van der Waals surface area contributed by atoms with Gasteiger partial charge in [-0.1, -0.05) is 6.92 Å². The molecule has 1 aliphatic heterocycles. The van der Waals surface area contributed by atoms with Gasteiger partial charge in [-0.05, 0) is 74.1 Å². The molecule has 0 aliphatic carbocycles. The number of rotatable bonds is 5. The van der Waals surface area contributed by atoms with Crippen LogP contribution in [-0.2, 0) is 11.2 Å². The summed E-state index contributed by atoms with van der Waals surface area (Å²) in [6.45, 7) is 10.4. The highest BCUT2D eigenvalue weighted by molar-refractivity contribution is 9.11. The van der Waals surface area contributed by atoms with Crippen molar-refractivity contribution in [3.8, 4) is 0 Å². The lowest BCUT2D eigenvalue weighted by Gasteiger charge is -2.26. The van der Waals surface area contributed by atoms with Crippen LogP contribution in [0.4, 0.5) is 4.79 Å². The van der Waals surface area contributed by atoms with E-state index in [1.54, 1.807) is 11.3 Å². The molecule has 1 fully saturated rings. The summed E-state index contributed by atoms with van der Waals surface area (Å²) in [6.07, 6.45) is 1.86. The standard InChI is InChI=1S/C17H27BrN2O2S/c1-5-19-14(10-13-6-7-15(18)23-13)12-8-9-20(11-12)16(21)22-17(2,3)4/h6-7,12,14,19H,5,8-11H2,1-4H3. The van der Waals surface area contributed by atoms with Gasteiger partial charge in [-0.15, -0.1) is 11.3 Å². The van der Waals surface area contributed by atoms with E-state index in [0.717, 1.165) is 32.5 Å². The number of hydrogen-bond donors (Lipinski definition) is 1. The lowest BCUT2D eigenvalue weighted by molar-refractivity contribution is 0.0285. The first-order valence-corrected chi connectivity index (χ1v) is 9.85. The summed E-state index contributed by atoms with van der Waals surface area (Å²) in [5.74, 6) is 0.475. The molecule has 0 saturated carbocycles. The Kier molecular flexibility index (Phi) is 6.51. The van der Waals surface area contributed by atoms with Gasteiger partial charge in [-0.3, -0.25) is 0 Å². The van der Waals surface area contributed by atoms with Gasteiger partial charge >= 0.3 is 6.09 Å². The minimum atomic E-state index is -0.431. The van der Waals surface area contributed by atoms with Crippen LogP contribution in [0, 0.1) is 5.92 Å². The van der Waals surface area contributed by atoms with Gasteiger partial charge in [-0.2, -0.15) is 0 Å². The van der Waals surface area contributed by atoms with E-state index in [4.69, 9.17) is 4.74 Å². The Morgan fingerprint density at radius 3 is 2.83 bits per heavy atom. The number of amides is 1. The van der Waals surface area contributed by atoms with Gasteiger partial charge in [-0.25, -0.2) is 4.79 Å². The Labute approximate surface area is 151 Å². The molecule has 1 saturated heterocycles. The second-order valence-electron chi connectivity index (χ2n) is 7.05. The lowest BCUT2D eigenvalue weighted by Crippen LogP contribution is -2.41. The largest absolute Gasteiger partial charge is 0.444 e. The number of carbonyl (C=O) groups is 1. The number of likely N-dealkylation sites (tertiary alicyclic amines) is 1. The Balaban J connectivity index is 1.94. The van der Waals surface area contributed by atoms with Crippen LogP contribution in [0.3, 0.4) is 0 Å². The van der Waals surface area contributed by atoms with Crippen LogP contribution < -0.4 is 5.32 Å². The zero-order chi connectivity index (χ0) is 17.0. The number of nitrogens with zero attached hydrogens (tertiary/aromatic N) is 1. The zero-order valence-electron chi connectivity index (χ0n) is 14.4. The van der Waals surface area contributed by atoms with E-state index in [2.05, 4.69) is 40.3 Å². The normalized spacial score (nSPS) is 19.9. The molecule has 0 aromatic carbocycles. The molecule has 1 aromatic heterocycles. The molecule has 23 heavy (non-hydrogen) atoms. The number of carbonyl (C=O) groups excluding carboxylic acids is 1. The summed E-state index contributed by atoms with van der Waals surface area (Å²) in [4.78, 5) is 15.5. The highest BCUT2D eigenvalue weighted by Crippen LogP contribution is 2.28. The predicted octanol–water partition coefficient (Wildman–Crippen LogP) is 4.29. The summed E-state index contributed by atoms with van der Waals surface area (Å²) < 4.78 is 6.66. The van der Waals surface area contributed by atoms with Crippen molar-refractivity contribution in [1.82, 2.24) is 10.2 Å². The molecule has 1 aromatic rings. The van der Waals surface area contributed by atoms with Gasteiger partial charge < -0.3 is 15.0 Å². The average molecular weight is 403 g/mol. The fourth-order valence-corrected chi connectivity index (χ4v) is 4.50. The van der Waals surface area contributed by atoms with Crippen molar-refractivity contribution in [2.75, 3.05) is 19.6 Å². The molecule has 2 rings (SSSR count). The molecule has 130 valence electrons. The number of likely N-dealkylation sites (N-methyl/N-ethyl adjacent to an activating group) is 1. The van der Waals surface area contributed by atoms with E-state index in [1.807, 2.05) is 25.7 Å². The van der Waals surface area contributed by atoms with Gasteiger partial charge in [0.05, 0.1) is 3.79 Å². The van der Waals surface area contributed by atoms with Crippen molar-refractivity contribution in [2.24, 2.45) is 5.92 Å². The number of nitrogens with one attached hydrogen (secondary N) is 1. The van der Waals surface area contributed by atoms with Crippen LogP contribution >= 0.6 is 27.3 Å². The molecular formula is C17H27BrN2O2S. The molecule has 4 nitrogen and oxygen atoms in total. The highest BCUT2D eigenvalue weighted by atomic mass is 79.9. The topological polar surface area (TPSA) is 41.6 Å². The van der Waals surface area contributed by atoms with Crippen molar-refractivity contribution >= 4 is 33.4 Å². The fraction of sp³-hybridized carbons (Fsp3) is 0.706. The summed E-state index contributed by atoms with van der Waals surface area (Å²) in [7, 11) is 0. The maximum Gasteiger partial charge on any atom is 0.410 e. The minimum Gasteiger partial charge on any atom is -0.444 e. The van der Waals surface area contributed by atoms with Crippen molar-refractivity contribution < 1.29 is 9.53 Å². The second-order valence-corrected chi connectivity index (χ2v) is 9.60. The smallest absolute Gasteiger partial charge is 0.410 e. The van der Waals surface area contributed by atoms with Gasteiger partial charge in [0.15, 0.2) is 0 Å². The Bertz CT molecular complexity index is 527. The molecule has 1 aliphatic rings. The fourth-order valence-electron chi connectivity index (χ4n) is 2.95. The average Bonchev–Trinajstić information content (AvgIpc) is 3.05. The van der Waals surface area contributed by atoms with Crippen LogP contribution in [0.25, 0.3) is 0 Å². The maximum absolute atomic E-state index is 12.2. The number of halogens is 1. The first-order chi connectivity index (χ1) is 10.8. The van der Waals surface area contributed by atoms with Crippen molar-refractivity contribution in [2.45, 2.75) is 52.2 Å². The van der Waals surface area contributed by atoms with E-state index < -0.39 is 5.60 Å². The first kappa shape index (κ1) is 18.7. The Morgan fingerprint density at radius 2 is 2.26 bits per heavy atom. The van der Waals surface area contributed by atoms with Crippen molar-refractivity contribution in [3.63, 3.8) is 0 Å². The van der Waals surface area contributed by atoms with Gasteiger partial charge in [0.1, 0.15) is 5.60 Å². The van der Waals surface area contributed by atoms with E-state index in [0.29, 0.717) is 12.0 Å². The lowest BCUT2D eigenvalue weighted by atomic mass is 9.95. The predicted molar refractivity (Wildman–Crippen MR) is 99.1 cm³/mol. The third-order valence-electron chi connectivity index (χ3n) is 3.96. The van der Waals surface area contributed by atoms with Crippen molar-refractivity contribution in [3.05, 3.63) is 20.8 Å². The Hall–Kier alpha value is -0.590. The van der Waals surface area contributed by atoms with Gasteiger partial charge in [0, 0.05) is 24.0 Å². The van der Waals surface area contributed by atoms with E-state index in [1.165, 1.54) is 8.66 Å². The third-order valence-corrected chi connectivity index (χ3v) is 5.61. The summed E-state index contributed by atoms with van der Waals surface area (Å²) in [5, 5.41) is 3.60. The van der Waals surface area contributed by atoms with Crippen LogP contribution in [0.5, 0.6) is 0 Å². The van der Waals surface area contributed by atoms with E-state index >= 15 is 0 Å². The second kappa shape index (κ2) is 7.99. The summed E-state index contributed by atoms with van der Waals surface area (Å²) in [5.41, 5.74) is -0.431. The molecule has 1 amide bonds. The molecule has 0 radical (unpaired) electrons. The molecule has 6 heteroatoms. The molecule has 2 heterocycles. The number of thiophene rings is 1. The van der Waals surface area contributed by atoms with Crippen LogP contribution in [0.2, 0.25) is 0 Å². The number of hydrogen-bond acceptors (Lipinski definition) is 4. The van der Waals surface area contributed by atoms with Crippen molar-refractivity contribution in [1.29, 1.82) is 0 Å². The molecule has 1 N–H and O–H groups in total. The van der Waals surface area contributed by atoms with E-state index in [9.17, 15) is 4.79 Å².